The van der Waals surface area contributed by atoms with E-state index in [-0.39, 0.29) is 18.8 Å². The van der Waals surface area contributed by atoms with Crippen LogP contribution in [-0.2, 0) is 0 Å². The van der Waals surface area contributed by atoms with E-state index in [1.54, 1.807) is 0 Å². The number of nitrogens with two attached hydrogens (primary N) is 1. The second kappa shape index (κ2) is 5.19. The second-order valence-corrected chi connectivity index (χ2v) is 5.97. The molecule has 2 N–H and O–H groups in total. The van der Waals surface area contributed by atoms with Crippen molar-refractivity contribution in [3.8, 4) is 0 Å². The van der Waals surface area contributed by atoms with Crippen LogP contribution in [-0.4, -0.2) is 36.5 Å². The van der Waals surface area contributed by atoms with Gasteiger partial charge in [0.2, 0.25) is 5.92 Å². The third-order valence-electron chi connectivity index (χ3n) is 4.42. The van der Waals surface area contributed by atoms with Crippen molar-refractivity contribution in [2.24, 2.45) is 11.7 Å². The Morgan fingerprint density at radius 3 is 2.35 bits per heavy atom. The molecule has 2 saturated carbocycles. The average molecular weight is 246 g/mol. The summed E-state index contributed by atoms with van der Waals surface area (Å²) in [7, 11) is 2.08. The van der Waals surface area contributed by atoms with Gasteiger partial charge in [-0.25, -0.2) is 8.78 Å². The van der Waals surface area contributed by atoms with Gasteiger partial charge in [-0.3, -0.25) is 0 Å². The Kier molecular flexibility index (Phi) is 4.03. The number of rotatable bonds is 3. The van der Waals surface area contributed by atoms with Crippen LogP contribution in [0.4, 0.5) is 8.78 Å². The van der Waals surface area contributed by atoms with Crippen LogP contribution in [0.2, 0.25) is 0 Å². The molecule has 0 aliphatic heterocycles. The first-order valence-electron chi connectivity index (χ1n) is 6.80. The van der Waals surface area contributed by atoms with Crippen molar-refractivity contribution in [3.05, 3.63) is 0 Å². The number of hydrogen-bond acceptors (Lipinski definition) is 2. The summed E-state index contributed by atoms with van der Waals surface area (Å²) in [5.41, 5.74) is 5.88. The molecule has 100 valence electrons. The molecule has 0 amide bonds. The van der Waals surface area contributed by atoms with Crippen LogP contribution in [0.15, 0.2) is 0 Å². The SMILES string of the molecule is CN(CC1CCC(F)(F)C1)C1CCC(N)CC1. The van der Waals surface area contributed by atoms with Crippen LogP contribution < -0.4 is 5.73 Å². The molecule has 0 spiro atoms. The molecule has 2 rings (SSSR count). The molecular weight excluding hydrogens is 222 g/mol. The number of nitrogens with zero attached hydrogens (tertiary/aromatic N) is 1. The fourth-order valence-corrected chi connectivity index (χ4v) is 3.30. The Balaban J connectivity index is 1.76. The quantitative estimate of drug-likeness (QED) is 0.829. The summed E-state index contributed by atoms with van der Waals surface area (Å²) in [4.78, 5) is 2.29. The summed E-state index contributed by atoms with van der Waals surface area (Å²) in [5, 5.41) is 0. The van der Waals surface area contributed by atoms with E-state index in [1.165, 1.54) is 0 Å². The van der Waals surface area contributed by atoms with E-state index in [1.807, 2.05) is 0 Å². The molecule has 1 atom stereocenters. The van der Waals surface area contributed by atoms with Gasteiger partial charge < -0.3 is 10.6 Å². The first-order chi connectivity index (χ1) is 7.96. The van der Waals surface area contributed by atoms with Gasteiger partial charge >= 0.3 is 0 Å². The van der Waals surface area contributed by atoms with E-state index in [2.05, 4.69) is 11.9 Å². The van der Waals surface area contributed by atoms with Gasteiger partial charge in [0.25, 0.3) is 0 Å². The van der Waals surface area contributed by atoms with E-state index < -0.39 is 5.92 Å². The van der Waals surface area contributed by atoms with Gasteiger partial charge in [-0.1, -0.05) is 0 Å². The topological polar surface area (TPSA) is 29.3 Å². The monoisotopic (exact) mass is 246 g/mol. The minimum Gasteiger partial charge on any atom is -0.328 e. The molecule has 4 heteroatoms. The maximum absolute atomic E-state index is 13.1. The molecule has 2 aliphatic rings. The first kappa shape index (κ1) is 13.2. The Labute approximate surface area is 103 Å². The zero-order chi connectivity index (χ0) is 12.5. The van der Waals surface area contributed by atoms with Gasteiger partial charge in [-0.15, -0.1) is 0 Å². The largest absolute Gasteiger partial charge is 0.328 e. The zero-order valence-electron chi connectivity index (χ0n) is 10.7. The lowest BCUT2D eigenvalue weighted by Crippen LogP contribution is -2.40. The third-order valence-corrected chi connectivity index (χ3v) is 4.42. The number of halogens is 2. The van der Waals surface area contributed by atoms with Crippen LogP contribution in [0.5, 0.6) is 0 Å². The molecule has 0 aromatic rings. The van der Waals surface area contributed by atoms with E-state index in [4.69, 9.17) is 5.73 Å². The van der Waals surface area contributed by atoms with Crippen molar-refractivity contribution in [2.45, 2.75) is 63.0 Å². The van der Waals surface area contributed by atoms with Crippen LogP contribution in [0.1, 0.15) is 44.9 Å². The highest BCUT2D eigenvalue weighted by Gasteiger charge is 2.40. The number of alkyl halides is 2. The van der Waals surface area contributed by atoms with Gasteiger partial charge in [0, 0.05) is 31.5 Å². The third kappa shape index (κ3) is 3.62. The molecule has 2 nitrogen and oxygen atoms in total. The normalized spacial score (nSPS) is 37.6. The zero-order valence-corrected chi connectivity index (χ0v) is 10.7. The van der Waals surface area contributed by atoms with E-state index in [9.17, 15) is 8.78 Å². The lowest BCUT2D eigenvalue weighted by atomic mass is 9.90. The number of hydrogen-bond donors (Lipinski definition) is 1. The van der Waals surface area contributed by atoms with Crippen molar-refractivity contribution >= 4 is 0 Å². The van der Waals surface area contributed by atoms with Crippen molar-refractivity contribution in [1.29, 1.82) is 0 Å². The molecule has 17 heavy (non-hydrogen) atoms. The summed E-state index contributed by atoms with van der Waals surface area (Å²) < 4.78 is 26.2. The second-order valence-electron chi connectivity index (χ2n) is 5.97. The van der Waals surface area contributed by atoms with Crippen LogP contribution in [0.3, 0.4) is 0 Å². The molecule has 2 fully saturated rings. The molecule has 0 aromatic carbocycles. The Morgan fingerprint density at radius 2 is 1.82 bits per heavy atom. The van der Waals surface area contributed by atoms with Gasteiger partial charge in [-0.2, -0.15) is 0 Å². The predicted octanol–water partition coefficient (Wildman–Crippen LogP) is 2.62. The van der Waals surface area contributed by atoms with E-state index in [0.717, 1.165) is 32.2 Å². The predicted molar refractivity (Wildman–Crippen MR) is 65.1 cm³/mol. The summed E-state index contributed by atoms with van der Waals surface area (Å²) in [5.74, 6) is -2.22. The fraction of sp³-hybridized carbons (Fsp3) is 1.00. The first-order valence-corrected chi connectivity index (χ1v) is 6.80. The lowest BCUT2D eigenvalue weighted by molar-refractivity contribution is 0.00288. The van der Waals surface area contributed by atoms with Crippen molar-refractivity contribution in [3.63, 3.8) is 0 Å². The molecule has 0 saturated heterocycles. The van der Waals surface area contributed by atoms with Crippen molar-refractivity contribution in [2.75, 3.05) is 13.6 Å². The molecule has 0 heterocycles. The van der Waals surface area contributed by atoms with Gasteiger partial charge in [-0.05, 0) is 45.1 Å². The van der Waals surface area contributed by atoms with E-state index in [0.29, 0.717) is 18.5 Å². The van der Waals surface area contributed by atoms with Gasteiger partial charge in [0.1, 0.15) is 0 Å². The smallest absolute Gasteiger partial charge is 0.248 e. The summed E-state index contributed by atoms with van der Waals surface area (Å²) in [6.45, 7) is 0.829. The highest BCUT2D eigenvalue weighted by molar-refractivity contribution is 4.85. The Bertz CT molecular complexity index is 250. The summed E-state index contributed by atoms with van der Waals surface area (Å²) in [6, 6.07) is 0.916. The summed E-state index contributed by atoms with van der Waals surface area (Å²) in [6.07, 6.45) is 5.27. The highest BCUT2D eigenvalue weighted by atomic mass is 19.3. The van der Waals surface area contributed by atoms with Crippen molar-refractivity contribution < 1.29 is 8.78 Å². The Hall–Kier alpha value is -0.220. The highest BCUT2D eigenvalue weighted by Crippen LogP contribution is 2.39. The molecule has 0 aromatic heterocycles. The van der Waals surface area contributed by atoms with Crippen LogP contribution in [0.25, 0.3) is 0 Å². The van der Waals surface area contributed by atoms with Crippen LogP contribution in [0, 0.1) is 5.92 Å². The van der Waals surface area contributed by atoms with Gasteiger partial charge in [0.05, 0.1) is 0 Å². The standard InChI is InChI=1S/C13H24F2N2/c1-17(12-4-2-11(16)3-5-12)9-10-6-7-13(14,15)8-10/h10-12H,2-9,16H2,1H3. The minimum atomic E-state index is -2.40. The minimum absolute atomic E-state index is 0.0844. The van der Waals surface area contributed by atoms with E-state index >= 15 is 0 Å². The molecule has 1 unspecified atom stereocenters. The summed E-state index contributed by atoms with van der Waals surface area (Å²) >= 11 is 0. The maximum Gasteiger partial charge on any atom is 0.248 e. The lowest BCUT2D eigenvalue weighted by Gasteiger charge is -2.34. The van der Waals surface area contributed by atoms with Crippen molar-refractivity contribution in [1.82, 2.24) is 4.90 Å². The Morgan fingerprint density at radius 1 is 1.18 bits per heavy atom. The molecular formula is C13H24F2N2. The molecule has 0 bridgehead atoms. The van der Waals surface area contributed by atoms with Gasteiger partial charge in [0.15, 0.2) is 0 Å². The molecule has 0 radical (unpaired) electrons. The fourth-order valence-electron chi connectivity index (χ4n) is 3.30. The average Bonchev–Trinajstić information content (AvgIpc) is 2.59. The van der Waals surface area contributed by atoms with Crippen LogP contribution >= 0.6 is 0 Å². The molecule has 2 aliphatic carbocycles. The maximum atomic E-state index is 13.1.